The lowest BCUT2D eigenvalue weighted by atomic mass is 9.80. The van der Waals surface area contributed by atoms with E-state index in [4.69, 9.17) is 9.31 Å². The number of hydrogen-bond donors (Lipinski definition) is 0. The van der Waals surface area contributed by atoms with E-state index in [9.17, 15) is 4.39 Å². The molecule has 1 fully saturated rings. The van der Waals surface area contributed by atoms with Gasteiger partial charge in [-0.1, -0.05) is 6.07 Å². The maximum Gasteiger partial charge on any atom is 0.499 e. The summed E-state index contributed by atoms with van der Waals surface area (Å²) < 4.78 is 25.7. The molecule has 1 aliphatic rings. The molecule has 0 spiro atoms. The Morgan fingerprint density at radius 3 is 2.05 bits per heavy atom. The summed E-state index contributed by atoms with van der Waals surface area (Å²) in [5, 5.41) is 0. The van der Waals surface area contributed by atoms with Gasteiger partial charge in [-0.25, -0.2) is 4.98 Å². The lowest BCUT2D eigenvalue weighted by molar-refractivity contribution is 0.00578. The summed E-state index contributed by atoms with van der Waals surface area (Å²) in [7, 11) is 2.92. The molecule has 2 heterocycles. The summed E-state index contributed by atoms with van der Waals surface area (Å²) in [6.45, 7) is 7.75. The van der Waals surface area contributed by atoms with Crippen LogP contribution in [0.4, 0.5) is 10.2 Å². The minimum absolute atomic E-state index is 0.337. The fraction of sp³-hybridized carbons (Fsp3) is 0.615. The van der Waals surface area contributed by atoms with Gasteiger partial charge in [0.2, 0.25) is 5.95 Å². The lowest BCUT2D eigenvalue weighted by Crippen LogP contribution is -2.41. The quantitative estimate of drug-likeness (QED) is 0.601. The first-order valence-electron chi connectivity index (χ1n) is 6.33. The number of anilines is 1. The van der Waals surface area contributed by atoms with Crippen LogP contribution in [0.2, 0.25) is 0 Å². The van der Waals surface area contributed by atoms with Gasteiger partial charge in [0.05, 0.1) is 11.2 Å². The number of nitrogens with zero attached hydrogens (tertiary/aromatic N) is 2. The van der Waals surface area contributed by atoms with Crippen LogP contribution in [0.1, 0.15) is 27.7 Å². The van der Waals surface area contributed by atoms with E-state index in [1.165, 1.54) is 0 Å². The van der Waals surface area contributed by atoms with E-state index in [0.29, 0.717) is 11.3 Å². The van der Waals surface area contributed by atoms with E-state index in [-0.39, 0.29) is 0 Å². The van der Waals surface area contributed by atoms with Gasteiger partial charge in [-0.2, -0.15) is 4.39 Å². The molecule has 6 heteroatoms. The van der Waals surface area contributed by atoms with E-state index < -0.39 is 24.3 Å². The van der Waals surface area contributed by atoms with Gasteiger partial charge in [0.15, 0.2) is 0 Å². The van der Waals surface area contributed by atoms with Gasteiger partial charge in [0, 0.05) is 19.6 Å². The Hall–Kier alpha value is -1.14. The van der Waals surface area contributed by atoms with Crippen molar-refractivity contribution in [2.75, 3.05) is 19.0 Å². The third-order valence-corrected chi connectivity index (χ3v) is 3.83. The molecule has 0 N–H and O–H groups in total. The lowest BCUT2D eigenvalue weighted by Gasteiger charge is -2.32. The normalized spacial score (nSPS) is 20.7. The predicted molar refractivity (Wildman–Crippen MR) is 74.2 cm³/mol. The molecular formula is C13H20BFN2O2. The van der Waals surface area contributed by atoms with Crippen LogP contribution < -0.4 is 10.4 Å². The first-order chi connectivity index (χ1) is 8.64. The van der Waals surface area contributed by atoms with Gasteiger partial charge in [-0.05, 0) is 33.8 Å². The summed E-state index contributed by atoms with van der Waals surface area (Å²) >= 11 is 0. The molecule has 1 aromatic heterocycles. The van der Waals surface area contributed by atoms with E-state index >= 15 is 0 Å². The zero-order valence-corrected chi connectivity index (χ0v) is 12.3. The van der Waals surface area contributed by atoms with Crippen LogP contribution in [0.15, 0.2) is 12.1 Å². The second kappa shape index (κ2) is 4.46. The Morgan fingerprint density at radius 2 is 1.63 bits per heavy atom. The van der Waals surface area contributed by atoms with Gasteiger partial charge < -0.3 is 14.2 Å². The van der Waals surface area contributed by atoms with Gasteiger partial charge in [0.1, 0.15) is 5.82 Å². The molecule has 0 aromatic carbocycles. The fourth-order valence-corrected chi connectivity index (χ4v) is 1.83. The number of aromatic nitrogens is 1. The third-order valence-electron chi connectivity index (χ3n) is 3.83. The maximum atomic E-state index is 14.1. The molecule has 4 nitrogen and oxygen atoms in total. The number of rotatable bonds is 2. The standard InChI is InChI=1S/C13H20BFN2O2/c1-12(2)13(3,4)19-14(18-12)9-7-8-10(17(5)6)16-11(9)15/h7-8H,1-6H3. The van der Waals surface area contributed by atoms with Crippen molar-refractivity contribution in [1.82, 2.24) is 4.98 Å². The first-order valence-corrected chi connectivity index (χ1v) is 6.33. The molecule has 0 bridgehead atoms. The molecule has 0 aliphatic carbocycles. The molecule has 0 unspecified atom stereocenters. The number of halogens is 1. The first kappa shape index (κ1) is 14.3. The van der Waals surface area contributed by atoms with Crippen molar-refractivity contribution in [3.8, 4) is 0 Å². The summed E-state index contributed by atoms with van der Waals surface area (Å²) in [5.41, 5.74) is -0.626. The number of hydrogen-bond acceptors (Lipinski definition) is 4. The molecule has 1 aromatic rings. The summed E-state index contributed by atoms with van der Waals surface area (Å²) in [6.07, 6.45) is 0. The molecule has 0 atom stereocenters. The monoisotopic (exact) mass is 266 g/mol. The van der Waals surface area contributed by atoms with Crippen molar-refractivity contribution in [2.45, 2.75) is 38.9 Å². The zero-order valence-electron chi connectivity index (χ0n) is 12.3. The summed E-state index contributed by atoms with van der Waals surface area (Å²) in [4.78, 5) is 5.66. The second-order valence-corrected chi connectivity index (χ2v) is 6.03. The molecule has 2 rings (SSSR count). The average molecular weight is 266 g/mol. The van der Waals surface area contributed by atoms with Crippen LogP contribution in [-0.2, 0) is 9.31 Å². The van der Waals surface area contributed by atoms with E-state index in [0.717, 1.165) is 0 Å². The van der Waals surface area contributed by atoms with Gasteiger partial charge in [-0.3, -0.25) is 0 Å². The van der Waals surface area contributed by atoms with Crippen molar-refractivity contribution in [3.63, 3.8) is 0 Å². The zero-order chi connectivity index (χ0) is 14.4. The van der Waals surface area contributed by atoms with Crippen molar-refractivity contribution in [2.24, 2.45) is 0 Å². The third kappa shape index (κ3) is 2.47. The largest absolute Gasteiger partial charge is 0.499 e. The Labute approximate surface area is 114 Å². The Balaban J connectivity index is 2.30. The van der Waals surface area contributed by atoms with Gasteiger partial charge >= 0.3 is 7.12 Å². The van der Waals surface area contributed by atoms with Gasteiger partial charge in [0.25, 0.3) is 0 Å². The minimum Gasteiger partial charge on any atom is -0.399 e. The van der Waals surface area contributed by atoms with Crippen LogP contribution in [0.3, 0.4) is 0 Å². The molecule has 1 saturated heterocycles. The van der Waals surface area contributed by atoms with Crippen molar-refractivity contribution in [3.05, 3.63) is 18.1 Å². The smallest absolute Gasteiger partial charge is 0.399 e. The number of pyridine rings is 1. The van der Waals surface area contributed by atoms with Gasteiger partial charge in [-0.15, -0.1) is 0 Å². The second-order valence-electron chi connectivity index (χ2n) is 6.03. The minimum atomic E-state index is -0.714. The van der Waals surface area contributed by atoms with Crippen LogP contribution >= 0.6 is 0 Å². The highest BCUT2D eigenvalue weighted by atomic mass is 19.1. The van der Waals surface area contributed by atoms with Crippen molar-refractivity contribution < 1.29 is 13.7 Å². The molecular weight excluding hydrogens is 246 g/mol. The van der Waals surface area contributed by atoms with E-state index in [2.05, 4.69) is 4.98 Å². The summed E-state index contributed by atoms with van der Waals surface area (Å²) in [6, 6.07) is 3.42. The van der Waals surface area contributed by atoms with Crippen LogP contribution in [0, 0.1) is 5.95 Å². The van der Waals surface area contributed by atoms with Crippen LogP contribution in [0.5, 0.6) is 0 Å². The van der Waals surface area contributed by atoms with E-state index in [1.807, 2.05) is 41.8 Å². The topological polar surface area (TPSA) is 34.6 Å². The highest BCUT2D eigenvalue weighted by molar-refractivity contribution is 6.62. The summed E-state index contributed by atoms with van der Waals surface area (Å²) in [5.74, 6) is 0.0162. The maximum absolute atomic E-state index is 14.1. The Kier molecular flexibility index (Phi) is 3.35. The van der Waals surface area contributed by atoms with Crippen molar-refractivity contribution in [1.29, 1.82) is 0 Å². The Bertz CT molecular complexity index is 476. The fourth-order valence-electron chi connectivity index (χ4n) is 1.83. The van der Waals surface area contributed by atoms with Crippen LogP contribution in [-0.4, -0.2) is 37.4 Å². The molecule has 0 radical (unpaired) electrons. The highest BCUT2D eigenvalue weighted by Gasteiger charge is 2.52. The molecule has 0 saturated carbocycles. The van der Waals surface area contributed by atoms with E-state index in [1.54, 1.807) is 17.0 Å². The molecule has 0 amide bonds. The molecule has 1 aliphatic heterocycles. The SMILES string of the molecule is CN(C)c1ccc(B2OC(C)(C)C(C)(C)O2)c(F)n1. The average Bonchev–Trinajstić information content (AvgIpc) is 2.47. The molecule has 19 heavy (non-hydrogen) atoms. The Morgan fingerprint density at radius 1 is 1.11 bits per heavy atom. The van der Waals surface area contributed by atoms with Crippen molar-refractivity contribution >= 4 is 18.4 Å². The highest BCUT2D eigenvalue weighted by Crippen LogP contribution is 2.36. The molecule has 104 valence electrons. The predicted octanol–water partition coefficient (Wildman–Crippen LogP) is 1.59. The van der Waals surface area contributed by atoms with Crippen LogP contribution in [0.25, 0.3) is 0 Å².